The molecule has 6 nitrogen and oxygen atoms in total. The molecule has 146 valence electrons. The summed E-state index contributed by atoms with van der Waals surface area (Å²) in [7, 11) is 0. The fraction of sp³-hybridized carbons (Fsp3) is 0.100. The summed E-state index contributed by atoms with van der Waals surface area (Å²) in [5, 5.41) is 19.7. The Hall–Kier alpha value is -2.91. The minimum absolute atomic E-state index is 0.0863. The molecule has 1 aliphatic heterocycles. The average Bonchev–Trinajstić information content (AvgIpc) is 3.24. The number of aromatic nitrogens is 2. The zero-order chi connectivity index (χ0) is 20.7. The SMILES string of the molecule is Cc1nnc(N2C(=O)C(=O)C(=C(O)c3ccc(F)cc3)[C@@H]2c2ccc(Br)cc2)s1. The fourth-order valence-electron chi connectivity index (χ4n) is 3.14. The van der Waals surface area contributed by atoms with Crippen LogP contribution < -0.4 is 4.90 Å². The maximum atomic E-state index is 13.3. The molecule has 0 radical (unpaired) electrons. The minimum Gasteiger partial charge on any atom is -0.507 e. The molecule has 29 heavy (non-hydrogen) atoms. The third-order valence-electron chi connectivity index (χ3n) is 4.47. The van der Waals surface area contributed by atoms with E-state index >= 15 is 0 Å². The number of benzene rings is 2. The van der Waals surface area contributed by atoms with Gasteiger partial charge in [-0.1, -0.05) is 39.4 Å². The summed E-state index contributed by atoms with van der Waals surface area (Å²) in [6.45, 7) is 1.74. The van der Waals surface area contributed by atoms with Crippen molar-refractivity contribution in [2.24, 2.45) is 0 Å². The summed E-state index contributed by atoms with van der Waals surface area (Å²) in [6, 6.07) is 11.2. The summed E-state index contributed by atoms with van der Waals surface area (Å²) in [6.07, 6.45) is 0. The number of aliphatic hydroxyl groups excluding tert-OH is 1. The number of amides is 1. The van der Waals surface area contributed by atoms with Crippen molar-refractivity contribution in [1.29, 1.82) is 0 Å². The van der Waals surface area contributed by atoms with Gasteiger partial charge in [-0.05, 0) is 48.9 Å². The van der Waals surface area contributed by atoms with Gasteiger partial charge in [0.05, 0.1) is 11.6 Å². The van der Waals surface area contributed by atoms with E-state index in [2.05, 4.69) is 26.1 Å². The van der Waals surface area contributed by atoms with E-state index in [0.717, 1.165) is 4.47 Å². The first kappa shape index (κ1) is 19.4. The predicted molar refractivity (Wildman–Crippen MR) is 110 cm³/mol. The van der Waals surface area contributed by atoms with Crippen molar-refractivity contribution in [3.8, 4) is 0 Å². The van der Waals surface area contributed by atoms with E-state index < -0.39 is 23.5 Å². The highest BCUT2D eigenvalue weighted by atomic mass is 79.9. The molecule has 2 heterocycles. The standard InChI is InChI=1S/C20H13BrFN3O3S/c1-10-23-24-20(29-10)25-16(11-2-6-13(21)7-3-11)15(18(27)19(25)28)17(26)12-4-8-14(22)9-5-12/h2-9,16,26H,1H3/t16-/m0/s1. The van der Waals surface area contributed by atoms with E-state index in [0.29, 0.717) is 10.6 Å². The van der Waals surface area contributed by atoms with Gasteiger partial charge in [0.25, 0.3) is 5.78 Å². The first-order valence-electron chi connectivity index (χ1n) is 8.49. The molecule has 4 rings (SSSR count). The van der Waals surface area contributed by atoms with Gasteiger partial charge < -0.3 is 5.11 Å². The zero-order valence-electron chi connectivity index (χ0n) is 15.0. The Kier molecular flexibility index (Phi) is 5.01. The number of hydrogen-bond acceptors (Lipinski definition) is 6. The highest BCUT2D eigenvalue weighted by molar-refractivity contribution is 9.10. The summed E-state index contributed by atoms with van der Waals surface area (Å²) < 4.78 is 14.1. The van der Waals surface area contributed by atoms with E-state index in [1.54, 1.807) is 31.2 Å². The van der Waals surface area contributed by atoms with Crippen LogP contribution in [0.2, 0.25) is 0 Å². The molecule has 1 aromatic heterocycles. The number of rotatable bonds is 3. The van der Waals surface area contributed by atoms with E-state index in [-0.39, 0.29) is 22.0 Å². The summed E-state index contributed by atoms with van der Waals surface area (Å²) in [4.78, 5) is 27.0. The van der Waals surface area contributed by atoms with Gasteiger partial charge in [0.1, 0.15) is 16.6 Å². The molecule has 1 N–H and O–H groups in total. The van der Waals surface area contributed by atoms with Gasteiger partial charge >= 0.3 is 5.91 Å². The maximum absolute atomic E-state index is 13.3. The minimum atomic E-state index is -0.888. The van der Waals surface area contributed by atoms with Crippen LogP contribution in [0.15, 0.2) is 58.6 Å². The normalized spacial score (nSPS) is 18.4. The van der Waals surface area contributed by atoms with Crippen LogP contribution in [0, 0.1) is 12.7 Å². The Morgan fingerprint density at radius 1 is 1.10 bits per heavy atom. The molecule has 1 amide bonds. The number of Topliss-reactive ketones (excluding diaryl/α,β-unsaturated/α-hetero) is 1. The van der Waals surface area contributed by atoms with Crippen molar-refractivity contribution in [3.63, 3.8) is 0 Å². The first-order chi connectivity index (χ1) is 13.9. The molecule has 0 aliphatic carbocycles. The molecule has 1 fully saturated rings. The van der Waals surface area contributed by atoms with Crippen LogP contribution in [-0.2, 0) is 9.59 Å². The second-order valence-electron chi connectivity index (χ2n) is 6.33. The van der Waals surface area contributed by atoms with Crippen molar-refractivity contribution in [2.75, 3.05) is 4.90 Å². The lowest BCUT2D eigenvalue weighted by atomic mass is 9.95. The Balaban J connectivity index is 1.93. The Labute approximate surface area is 177 Å². The molecule has 1 saturated heterocycles. The lowest BCUT2D eigenvalue weighted by Gasteiger charge is -2.22. The van der Waals surface area contributed by atoms with Gasteiger partial charge in [-0.2, -0.15) is 0 Å². The van der Waals surface area contributed by atoms with Gasteiger partial charge in [-0.15, -0.1) is 10.2 Å². The van der Waals surface area contributed by atoms with Crippen molar-refractivity contribution < 1.29 is 19.1 Å². The predicted octanol–water partition coefficient (Wildman–Crippen LogP) is 4.37. The first-order valence-corrected chi connectivity index (χ1v) is 10.1. The van der Waals surface area contributed by atoms with Crippen LogP contribution in [0.3, 0.4) is 0 Å². The molecule has 0 saturated carbocycles. The Morgan fingerprint density at radius 3 is 2.34 bits per heavy atom. The molecule has 9 heteroatoms. The second-order valence-corrected chi connectivity index (χ2v) is 8.41. The van der Waals surface area contributed by atoms with Crippen molar-refractivity contribution in [3.05, 3.63) is 80.5 Å². The van der Waals surface area contributed by atoms with Crippen molar-refractivity contribution in [2.45, 2.75) is 13.0 Å². The van der Waals surface area contributed by atoms with E-state index in [4.69, 9.17) is 0 Å². The highest BCUT2D eigenvalue weighted by Crippen LogP contribution is 2.43. The van der Waals surface area contributed by atoms with Gasteiger partial charge in [0, 0.05) is 10.0 Å². The lowest BCUT2D eigenvalue weighted by molar-refractivity contribution is -0.132. The van der Waals surface area contributed by atoms with E-state index in [1.807, 2.05) is 0 Å². The number of nitrogens with zero attached hydrogens (tertiary/aromatic N) is 3. The van der Waals surface area contributed by atoms with Crippen LogP contribution in [0.25, 0.3) is 5.76 Å². The van der Waals surface area contributed by atoms with Crippen LogP contribution in [0.4, 0.5) is 9.52 Å². The summed E-state index contributed by atoms with van der Waals surface area (Å²) >= 11 is 4.54. The second kappa shape index (κ2) is 7.49. The third-order valence-corrected chi connectivity index (χ3v) is 5.84. The molecule has 0 unspecified atom stereocenters. The van der Waals surface area contributed by atoms with Crippen LogP contribution in [0.5, 0.6) is 0 Å². The third kappa shape index (κ3) is 3.47. The number of aryl methyl sites for hydroxylation is 1. The number of ketones is 1. The summed E-state index contributed by atoms with van der Waals surface area (Å²) in [5.41, 5.74) is 0.764. The number of carbonyl (C=O) groups excluding carboxylic acids is 2. The molecular weight excluding hydrogens is 461 g/mol. The summed E-state index contributed by atoms with van der Waals surface area (Å²) in [5.74, 6) is -2.50. The molecule has 1 aliphatic rings. The molecule has 0 bridgehead atoms. The Morgan fingerprint density at radius 2 is 1.76 bits per heavy atom. The number of anilines is 1. The Bertz CT molecular complexity index is 1140. The largest absolute Gasteiger partial charge is 0.507 e. The molecular formula is C20H13BrFN3O3S. The fourth-order valence-corrected chi connectivity index (χ4v) is 4.12. The van der Waals surface area contributed by atoms with Crippen molar-refractivity contribution >= 4 is 49.8 Å². The maximum Gasteiger partial charge on any atom is 0.301 e. The number of aliphatic hydroxyl groups is 1. The van der Waals surface area contributed by atoms with Crippen LogP contribution in [-0.4, -0.2) is 27.0 Å². The van der Waals surface area contributed by atoms with Gasteiger partial charge in [-0.25, -0.2) is 4.39 Å². The number of halogens is 2. The smallest absolute Gasteiger partial charge is 0.301 e. The average molecular weight is 474 g/mol. The topological polar surface area (TPSA) is 83.4 Å². The van der Waals surface area contributed by atoms with Crippen LogP contribution >= 0.6 is 27.3 Å². The highest BCUT2D eigenvalue weighted by Gasteiger charge is 2.48. The molecule has 0 spiro atoms. The van der Waals surface area contributed by atoms with Crippen molar-refractivity contribution in [1.82, 2.24) is 10.2 Å². The number of hydrogen-bond donors (Lipinski definition) is 1. The van der Waals surface area contributed by atoms with Gasteiger partial charge in [0.2, 0.25) is 5.13 Å². The van der Waals surface area contributed by atoms with Gasteiger partial charge in [-0.3, -0.25) is 14.5 Å². The molecule has 3 aromatic rings. The van der Waals surface area contributed by atoms with Crippen LogP contribution in [0.1, 0.15) is 22.2 Å². The zero-order valence-corrected chi connectivity index (χ0v) is 17.4. The lowest BCUT2D eigenvalue weighted by Crippen LogP contribution is -2.29. The van der Waals surface area contributed by atoms with Gasteiger partial charge in [0.15, 0.2) is 0 Å². The molecule has 1 atom stereocenters. The number of carbonyl (C=O) groups is 2. The monoisotopic (exact) mass is 473 g/mol. The molecule has 2 aromatic carbocycles. The van der Waals surface area contributed by atoms with E-state index in [1.165, 1.54) is 40.5 Å². The quantitative estimate of drug-likeness (QED) is 0.346. The van der Waals surface area contributed by atoms with E-state index in [9.17, 15) is 19.1 Å².